The highest BCUT2D eigenvalue weighted by molar-refractivity contribution is 5.88. The van der Waals surface area contributed by atoms with Gasteiger partial charge in [-0.15, -0.1) is 0 Å². The van der Waals surface area contributed by atoms with Crippen molar-refractivity contribution in [2.45, 2.75) is 6.17 Å². The van der Waals surface area contributed by atoms with Gasteiger partial charge in [0, 0.05) is 0 Å². The van der Waals surface area contributed by atoms with E-state index in [9.17, 15) is 10.1 Å². The average molecular weight is 159 g/mol. The van der Waals surface area contributed by atoms with Gasteiger partial charge in [0.15, 0.2) is 10.9 Å². The second-order valence-electron chi connectivity index (χ2n) is 2.04. The Morgan fingerprint density at radius 1 is 1.91 bits per heavy atom. The third-order valence-corrected chi connectivity index (χ3v) is 1.42. The Kier molecular flexibility index (Phi) is 1.17. The molecule has 2 aliphatic rings. The highest BCUT2D eigenvalue weighted by Gasteiger charge is 2.42. The molecule has 2 rings (SSSR count). The van der Waals surface area contributed by atoms with E-state index in [-0.39, 0.29) is 0 Å². The minimum Gasteiger partial charge on any atom is -0.264 e. The summed E-state index contributed by atoms with van der Waals surface area (Å²) in [5.74, 6) is 0.446. The van der Waals surface area contributed by atoms with Gasteiger partial charge in [0.2, 0.25) is 6.17 Å². The van der Waals surface area contributed by atoms with Crippen molar-refractivity contribution in [1.29, 1.82) is 0 Å². The fourth-order valence-corrected chi connectivity index (χ4v) is 0.945. The molecular weight excluding hydrogens is 154 g/mol. The van der Waals surface area contributed by atoms with E-state index in [1.807, 2.05) is 0 Å². The van der Waals surface area contributed by atoms with Gasteiger partial charge in [0.1, 0.15) is 0 Å². The van der Waals surface area contributed by atoms with Crippen molar-refractivity contribution in [3.05, 3.63) is 10.1 Å². The van der Waals surface area contributed by atoms with Crippen LogP contribution in [0.3, 0.4) is 0 Å². The van der Waals surface area contributed by atoms with Crippen LogP contribution in [0.5, 0.6) is 0 Å². The monoisotopic (exact) mass is 159 g/mol. The fourth-order valence-electron chi connectivity index (χ4n) is 0.945. The standard InChI is InChI=1S/C3H5N5O3/c9-8(10)7-3-2(6-11-7)4-1-5-3/h3,5H,1H2,(H,4,6). The molecule has 60 valence electrons. The van der Waals surface area contributed by atoms with E-state index in [1.165, 1.54) is 0 Å². The number of nitrogens with zero attached hydrogens (tertiary/aromatic N) is 3. The van der Waals surface area contributed by atoms with E-state index in [0.717, 1.165) is 0 Å². The first-order valence-electron chi connectivity index (χ1n) is 2.93. The van der Waals surface area contributed by atoms with Crippen molar-refractivity contribution in [2.75, 3.05) is 6.67 Å². The maximum Gasteiger partial charge on any atom is 0.234 e. The molecule has 8 heteroatoms. The van der Waals surface area contributed by atoms with Crippen LogP contribution >= 0.6 is 0 Å². The topological polar surface area (TPSA) is 92.0 Å². The molecule has 8 nitrogen and oxygen atoms in total. The number of rotatable bonds is 1. The summed E-state index contributed by atoms with van der Waals surface area (Å²) in [6.45, 7) is 0.376. The van der Waals surface area contributed by atoms with Crippen LogP contribution in [0, 0.1) is 10.1 Å². The molecule has 0 bridgehead atoms. The second kappa shape index (κ2) is 2.04. The van der Waals surface area contributed by atoms with Gasteiger partial charge in [-0.1, -0.05) is 4.94 Å². The molecule has 0 aromatic rings. The normalized spacial score (nSPS) is 27.8. The van der Waals surface area contributed by atoms with Crippen LogP contribution < -0.4 is 10.8 Å². The number of nitrogens with one attached hydrogen (secondary N) is 2. The molecule has 0 saturated carbocycles. The molecule has 2 N–H and O–H groups in total. The van der Waals surface area contributed by atoms with Gasteiger partial charge in [-0.3, -0.25) is 10.3 Å². The minimum atomic E-state index is -0.654. The van der Waals surface area contributed by atoms with E-state index >= 15 is 0 Å². The highest BCUT2D eigenvalue weighted by Crippen LogP contribution is 2.09. The van der Waals surface area contributed by atoms with Gasteiger partial charge in [-0.25, -0.2) is 15.6 Å². The smallest absolute Gasteiger partial charge is 0.234 e. The zero-order chi connectivity index (χ0) is 7.84. The summed E-state index contributed by atoms with van der Waals surface area (Å²) in [6, 6.07) is 0. The van der Waals surface area contributed by atoms with Crippen LogP contribution in [0.4, 0.5) is 0 Å². The van der Waals surface area contributed by atoms with Crippen LogP contribution in [-0.2, 0) is 4.94 Å². The van der Waals surface area contributed by atoms with Gasteiger partial charge >= 0.3 is 0 Å². The predicted molar refractivity (Wildman–Crippen MR) is 32.3 cm³/mol. The van der Waals surface area contributed by atoms with Gasteiger partial charge < -0.3 is 0 Å². The molecule has 1 saturated heterocycles. The molecule has 1 fully saturated rings. The number of hydroxylamine groups is 2. The highest BCUT2D eigenvalue weighted by atomic mass is 16.9. The van der Waals surface area contributed by atoms with Gasteiger partial charge in [0.25, 0.3) is 0 Å². The van der Waals surface area contributed by atoms with E-state index in [0.29, 0.717) is 17.7 Å². The van der Waals surface area contributed by atoms with E-state index in [1.54, 1.807) is 0 Å². The van der Waals surface area contributed by atoms with E-state index in [2.05, 4.69) is 20.7 Å². The van der Waals surface area contributed by atoms with Crippen molar-refractivity contribution in [1.82, 2.24) is 16.0 Å². The Balaban J connectivity index is 2.17. The molecule has 0 aliphatic carbocycles. The summed E-state index contributed by atoms with van der Waals surface area (Å²) in [5.41, 5.74) is 2.32. The molecule has 0 aromatic heterocycles. The lowest BCUT2D eigenvalue weighted by Crippen LogP contribution is -2.43. The lowest BCUT2D eigenvalue weighted by atomic mass is 10.5. The number of nitro groups is 1. The Bertz CT molecular complexity index is 227. The molecule has 2 aliphatic heterocycles. The quantitative estimate of drug-likeness (QED) is 0.347. The number of aliphatic imine (C=N–C) groups is 1. The number of hydrazine groups is 1. The molecule has 0 amide bonds. The van der Waals surface area contributed by atoms with Crippen molar-refractivity contribution in [3.63, 3.8) is 0 Å². The zero-order valence-electron chi connectivity index (χ0n) is 5.35. The molecule has 1 unspecified atom stereocenters. The van der Waals surface area contributed by atoms with Crippen molar-refractivity contribution >= 4 is 5.84 Å². The predicted octanol–water partition coefficient (Wildman–Crippen LogP) is -1.78. The summed E-state index contributed by atoms with van der Waals surface area (Å²) in [7, 11) is 0. The first-order chi connectivity index (χ1) is 5.29. The number of hydrogen-bond acceptors (Lipinski definition) is 6. The second-order valence-corrected chi connectivity index (χ2v) is 2.04. The molecule has 0 radical (unpaired) electrons. The SMILES string of the molecule is O=[N+]([O-])N1ONC2=NCNC21. The molecule has 0 aromatic carbocycles. The van der Waals surface area contributed by atoms with Crippen LogP contribution in [0.15, 0.2) is 4.99 Å². The van der Waals surface area contributed by atoms with Gasteiger partial charge in [0.05, 0.1) is 11.8 Å². The van der Waals surface area contributed by atoms with Crippen LogP contribution in [0.1, 0.15) is 0 Å². The van der Waals surface area contributed by atoms with Crippen LogP contribution in [0.25, 0.3) is 0 Å². The molecule has 0 spiro atoms. The van der Waals surface area contributed by atoms with Crippen molar-refractivity contribution < 1.29 is 9.97 Å². The van der Waals surface area contributed by atoms with Crippen molar-refractivity contribution in [2.24, 2.45) is 4.99 Å². The summed E-state index contributed by atoms with van der Waals surface area (Å²) in [5, 5.41) is 12.9. The largest absolute Gasteiger partial charge is 0.264 e. The molecule has 11 heavy (non-hydrogen) atoms. The zero-order valence-corrected chi connectivity index (χ0v) is 5.35. The van der Waals surface area contributed by atoms with Crippen LogP contribution in [-0.4, -0.2) is 28.9 Å². The summed E-state index contributed by atoms with van der Waals surface area (Å²) in [6.07, 6.45) is -0.565. The Morgan fingerprint density at radius 3 is 3.45 bits per heavy atom. The van der Waals surface area contributed by atoms with Crippen molar-refractivity contribution in [3.8, 4) is 0 Å². The lowest BCUT2D eigenvalue weighted by Gasteiger charge is -2.07. The lowest BCUT2D eigenvalue weighted by molar-refractivity contribution is -0.738. The summed E-state index contributed by atoms with van der Waals surface area (Å²) >= 11 is 0. The van der Waals surface area contributed by atoms with Gasteiger partial charge in [-0.2, -0.15) is 0 Å². The van der Waals surface area contributed by atoms with Crippen LogP contribution in [0.2, 0.25) is 0 Å². The molecule has 1 atom stereocenters. The Labute approximate surface area is 60.9 Å². The fraction of sp³-hybridized carbons (Fsp3) is 0.667. The molecule has 2 heterocycles. The summed E-state index contributed by atoms with van der Waals surface area (Å²) in [4.78, 5) is 18.5. The number of amidine groups is 1. The van der Waals surface area contributed by atoms with E-state index < -0.39 is 11.2 Å². The Hall–Kier alpha value is -1.41. The summed E-state index contributed by atoms with van der Waals surface area (Å²) < 4.78 is 0. The average Bonchev–Trinajstić information content (AvgIpc) is 2.41. The van der Waals surface area contributed by atoms with Gasteiger partial charge in [-0.05, 0) is 0 Å². The third kappa shape index (κ3) is 0.800. The first kappa shape index (κ1) is 6.31. The third-order valence-electron chi connectivity index (χ3n) is 1.42. The van der Waals surface area contributed by atoms with E-state index in [4.69, 9.17) is 0 Å². The number of fused-ring (bicyclic) bond motifs is 1. The minimum absolute atomic E-state index is 0.376. The maximum absolute atomic E-state index is 10.2. The molecular formula is C3H5N5O3. The first-order valence-corrected chi connectivity index (χ1v) is 2.93. The Morgan fingerprint density at radius 2 is 2.73 bits per heavy atom. The number of hydrogen-bond donors (Lipinski definition) is 2. The maximum atomic E-state index is 10.2.